The molecule has 2 heterocycles. The van der Waals surface area contributed by atoms with E-state index in [1.807, 2.05) is 6.07 Å². The number of nitrogens with one attached hydrogen (secondary N) is 3. The summed E-state index contributed by atoms with van der Waals surface area (Å²) in [6.07, 6.45) is 5.75. The molecule has 1 aliphatic rings. The number of aryl methyl sites for hydroxylation is 2. The van der Waals surface area contributed by atoms with E-state index in [1.165, 1.54) is 24.1 Å². The summed E-state index contributed by atoms with van der Waals surface area (Å²) in [5.41, 5.74) is 5.36. The van der Waals surface area contributed by atoms with Crippen molar-refractivity contribution in [3.05, 3.63) is 34.4 Å². The molecule has 1 amide bonds. The second-order valence-corrected chi connectivity index (χ2v) is 5.93. The van der Waals surface area contributed by atoms with Crippen molar-refractivity contribution in [1.29, 1.82) is 0 Å². The third-order valence-corrected chi connectivity index (χ3v) is 4.18. The van der Waals surface area contributed by atoms with Gasteiger partial charge < -0.3 is 10.1 Å². The minimum Gasteiger partial charge on any atom is -0.378 e. The molecule has 0 spiro atoms. The predicted molar refractivity (Wildman–Crippen MR) is 84.7 cm³/mol. The quantitative estimate of drug-likeness (QED) is 0.719. The molecule has 0 atom stereocenters. The van der Waals surface area contributed by atoms with Crippen molar-refractivity contribution in [3.63, 3.8) is 0 Å². The van der Waals surface area contributed by atoms with Gasteiger partial charge in [-0.05, 0) is 37.3 Å². The number of H-pyrrole nitrogens is 2. The molecule has 1 aliphatic carbocycles. The lowest BCUT2D eigenvalue weighted by Gasteiger charge is -2.11. The molecular formula is C16H23N5O2. The van der Waals surface area contributed by atoms with E-state index >= 15 is 0 Å². The monoisotopic (exact) mass is 317 g/mol. The highest BCUT2D eigenvalue weighted by Gasteiger charge is 2.17. The van der Waals surface area contributed by atoms with Gasteiger partial charge in [0.1, 0.15) is 0 Å². The largest absolute Gasteiger partial charge is 0.378 e. The summed E-state index contributed by atoms with van der Waals surface area (Å²) in [6.45, 7) is 0.920. The van der Waals surface area contributed by atoms with Crippen molar-refractivity contribution in [3.8, 4) is 0 Å². The van der Waals surface area contributed by atoms with Crippen LogP contribution in [-0.4, -0.2) is 33.4 Å². The Morgan fingerprint density at radius 2 is 2.17 bits per heavy atom. The van der Waals surface area contributed by atoms with Gasteiger partial charge in [-0.25, -0.2) is 0 Å². The minimum absolute atomic E-state index is 0.0282. The fourth-order valence-corrected chi connectivity index (χ4v) is 2.99. The lowest BCUT2D eigenvalue weighted by molar-refractivity contribution is -0.121. The van der Waals surface area contributed by atoms with Crippen molar-refractivity contribution >= 4 is 5.91 Å². The molecule has 0 saturated heterocycles. The molecule has 0 aliphatic heterocycles. The van der Waals surface area contributed by atoms with E-state index in [0.29, 0.717) is 26.0 Å². The van der Waals surface area contributed by atoms with Crippen molar-refractivity contribution in [2.24, 2.45) is 0 Å². The van der Waals surface area contributed by atoms with Gasteiger partial charge in [-0.2, -0.15) is 10.2 Å². The Bertz CT molecular complexity index is 661. The molecule has 3 rings (SSSR count). The fraction of sp³-hybridized carbons (Fsp3) is 0.562. The number of ether oxygens (including phenoxy) is 1. The van der Waals surface area contributed by atoms with E-state index in [2.05, 4.69) is 25.7 Å². The second kappa shape index (κ2) is 7.41. The zero-order chi connectivity index (χ0) is 16.1. The van der Waals surface area contributed by atoms with Crippen LogP contribution in [0.2, 0.25) is 0 Å². The van der Waals surface area contributed by atoms with Crippen LogP contribution < -0.4 is 5.32 Å². The Morgan fingerprint density at radius 1 is 1.30 bits per heavy atom. The summed E-state index contributed by atoms with van der Waals surface area (Å²) in [7, 11) is 1.63. The first-order valence-corrected chi connectivity index (χ1v) is 8.10. The number of carbonyl (C=O) groups excluding carboxylic acids is 1. The maximum Gasteiger partial charge on any atom is 0.220 e. The third-order valence-electron chi connectivity index (χ3n) is 4.18. The molecule has 7 nitrogen and oxygen atoms in total. The van der Waals surface area contributed by atoms with E-state index < -0.39 is 0 Å². The van der Waals surface area contributed by atoms with Gasteiger partial charge in [0.25, 0.3) is 0 Å². The van der Waals surface area contributed by atoms with Gasteiger partial charge >= 0.3 is 0 Å². The molecule has 124 valence electrons. The van der Waals surface area contributed by atoms with E-state index in [1.54, 1.807) is 7.11 Å². The molecular weight excluding hydrogens is 294 g/mol. The molecule has 7 heteroatoms. The number of fused-ring (bicyclic) bond motifs is 1. The van der Waals surface area contributed by atoms with Gasteiger partial charge in [0.2, 0.25) is 5.91 Å². The van der Waals surface area contributed by atoms with Gasteiger partial charge in [-0.15, -0.1) is 0 Å². The molecule has 2 aromatic heterocycles. The van der Waals surface area contributed by atoms with Crippen LogP contribution in [0, 0.1) is 0 Å². The Balaban J connectivity index is 1.45. The molecule has 0 bridgehead atoms. The Hall–Kier alpha value is -2.15. The highest BCUT2D eigenvalue weighted by molar-refractivity contribution is 5.76. The summed E-state index contributed by atoms with van der Waals surface area (Å²) in [4.78, 5) is 12.0. The number of nitrogens with zero attached hydrogens (tertiary/aromatic N) is 2. The molecule has 2 aromatic rings. The summed E-state index contributed by atoms with van der Waals surface area (Å²) < 4.78 is 5.01. The summed E-state index contributed by atoms with van der Waals surface area (Å²) in [6, 6.07) is 1.90. The van der Waals surface area contributed by atoms with Crippen LogP contribution in [0.15, 0.2) is 6.07 Å². The van der Waals surface area contributed by atoms with Gasteiger partial charge in [0.05, 0.1) is 30.2 Å². The van der Waals surface area contributed by atoms with Crippen molar-refractivity contribution in [1.82, 2.24) is 25.7 Å². The van der Waals surface area contributed by atoms with Gasteiger partial charge in [0, 0.05) is 25.6 Å². The van der Waals surface area contributed by atoms with Crippen LogP contribution in [0.4, 0.5) is 0 Å². The van der Waals surface area contributed by atoms with E-state index in [4.69, 9.17) is 4.74 Å². The van der Waals surface area contributed by atoms with E-state index in [0.717, 1.165) is 29.9 Å². The molecule has 0 fully saturated rings. The second-order valence-electron chi connectivity index (χ2n) is 5.93. The lowest BCUT2D eigenvalue weighted by atomic mass is 9.95. The number of rotatable bonds is 7. The Labute approximate surface area is 135 Å². The molecule has 0 radical (unpaired) electrons. The van der Waals surface area contributed by atoms with Crippen molar-refractivity contribution in [2.45, 2.75) is 51.7 Å². The number of hydrogen-bond acceptors (Lipinski definition) is 4. The smallest absolute Gasteiger partial charge is 0.220 e. The molecule has 0 unspecified atom stereocenters. The zero-order valence-corrected chi connectivity index (χ0v) is 13.4. The molecule has 23 heavy (non-hydrogen) atoms. The number of amides is 1. The fourth-order valence-electron chi connectivity index (χ4n) is 2.99. The first-order valence-electron chi connectivity index (χ1n) is 8.10. The first kappa shape index (κ1) is 15.7. The van der Waals surface area contributed by atoms with Gasteiger partial charge in [0.15, 0.2) is 0 Å². The number of methoxy groups -OCH3 is 1. The standard InChI is InChI=1S/C16H23N5O2/c1-23-10-12-8-11(18-19-12)9-17-16(22)7-6-15-13-4-2-3-5-14(13)20-21-15/h8H,2-7,9-10H2,1H3,(H,17,22)(H,18,19)(H,20,21). The highest BCUT2D eigenvalue weighted by atomic mass is 16.5. The van der Waals surface area contributed by atoms with Crippen LogP contribution >= 0.6 is 0 Å². The molecule has 3 N–H and O–H groups in total. The zero-order valence-electron chi connectivity index (χ0n) is 13.4. The summed E-state index contributed by atoms with van der Waals surface area (Å²) >= 11 is 0. The van der Waals surface area contributed by atoms with Crippen LogP contribution in [0.3, 0.4) is 0 Å². The van der Waals surface area contributed by atoms with Gasteiger partial charge in [-0.3, -0.25) is 15.0 Å². The first-order chi connectivity index (χ1) is 11.3. The number of aromatic nitrogens is 4. The number of carbonyl (C=O) groups is 1. The van der Waals surface area contributed by atoms with Crippen LogP contribution in [0.1, 0.15) is 47.6 Å². The highest BCUT2D eigenvalue weighted by Crippen LogP contribution is 2.22. The third kappa shape index (κ3) is 3.98. The number of aromatic amines is 2. The normalized spacial score (nSPS) is 13.8. The topological polar surface area (TPSA) is 95.7 Å². The van der Waals surface area contributed by atoms with Crippen molar-refractivity contribution < 1.29 is 9.53 Å². The average Bonchev–Trinajstić information content (AvgIpc) is 3.18. The molecule has 0 aromatic carbocycles. The SMILES string of the molecule is COCc1cc(CNC(=O)CCc2n[nH]c3c2CCCC3)[nH]n1. The predicted octanol–water partition coefficient (Wildman–Crippen LogP) is 1.41. The van der Waals surface area contributed by atoms with Crippen molar-refractivity contribution in [2.75, 3.05) is 7.11 Å². The Kier molecular flexibility index (Phi) is 5.07. The summed E-state index contributed by atoms with van der Waals surface area (Å²) in [5, 5.41) is 17.4. The van der Waals surface area contributed by atoms with Crippen LogP contribution in [0.5, 0.6) is 0 Å². The number of hydrogen-bond donors (Lipinski definition) is 3. The maximum atomic E-state index is 12.0. The van der Waals surface area contributed by atoms with Crippen LogP contribution in [0.25, 0.3) is 0 Å². The lowest BCUT2D eigenvalue weighted by Crippen LogP contribution is -2.23. The maximum absolute atomic E-state index is 12.0. The Morgan fingerprint density at radius 3 is 3.04 bits per heavy atom. The summed E-state index contributed by atoms with van der Waals surface area (Å²) in [5.74, 6) is 0.0282. The average molecular weight is 317 g/mol. The van der Waals surface area contributed by atoms with E-state index in [9.17, 15) is 4.79 Å². The van der Waals surface area contributed by atoms with Gasteiger partial charge in [-0.1, -0.05) is 0 Å². The van der Waals surface area contributed by atoms with E-state index in [-0.39, 0.29) is 5.91 Å². The minimum atomic E-state index is 0.0282. The van der Waals surface area contributed by atoms with Crippen LogP contribution in [-0.2, 0) is 41.9 Å². The molecule has 0 saturated carbocycles.